The largest absolute Gasteiger partial charge is 0.467 e. The van der Waals surface area contributed by atoms with Gasteiger partial charge in [-0.15, -0.1) is 0 Å². The predicted molar refractivity (Wildman–Crippen MR) is 61.1 cm³/mol. The summed E-state index contributed by atoms with van der Waals surface area (Å²) < 4.78 is 17.5. The zero-order valence-electron chi connectivity index (χ0n) is 9.66. The Hall–Kier alpha value is -1.91. The number of rotatable bonds is 2. The fraction of sp³-hybridized carbons (Fsp3) is 0.333. The van der Waals surface area contributed by atoms with Crippen molar-refractivity contribution in [1.29, 1.82) is 0 Å². The van der Waals surface area contributed by atoms with Crippen LogP contribution in [0.15, 0.2) is 29.4 Å². The van der Waals surface area contributed by atoms with Gasteiger partial charge in [0, 0.05) is 6.42 Å². The molecule has 0 aliphatic carbocycles. The average molecular weight is 236 g/mol. The molecule has 0 amide bonds. The molecule has 1 aromatic carbocycles. The van der Waals surface area contributed by atoms with Crippen LogP contribution in [-0.2, 0) is 9.53 Å². The Morgan fingerprint density at radius 3 is 2.71 bits per heavy atom. The van der Waals surface area contributed by atoms with Gasteiger partial charge in [0.05, 0.1) is 12.8 Å². The van der Waals surface area contributed by atoms with Crippen molar-refractivity contribution >= 4 is 11.7 Å². The zero-order valence-corrected chi connectivity index (χ0v) is 9.66. The second kappa shape index (κ2) is 4.16. The van der Waals surface area contributed by atoms with Gasteiger partial charge in [-0.3, -0.25) is 5.43 Å². The van der Waals surface area contributed by atoms with Crippen LogP contribution >= 0.6 is 0 Å². The summed E-state index contributed by atoms with van der Waals surface area (Å²) in [6, 6.07) is 6.01. The van der Waals surface area contributed by atoms with Crippen LogP contribution in [0.25, 0.3) is 0 Å². The van der Waals surface area contributed by atoms with E-state index in [1.54, 1.807) is 19.1 Å². The van der Waals surface area contributed by atoms with E-state index < -0.39 is 5.54 Å². The molecule has 1 heterocycles. The minimum absolute atomic E-state index is 0.295. The summed E-state index contributed by atoms with van der Waals surface area (Å²) in [5, 5.41) is 4.10. The second-order valence-electron chi connectivity index (χ2n) is 4.18. The highest BCUT2D eigenvalue weighted by Crippen LogP contribution is 2.22. The number of benzene rings is 1. The van der Waals surface area contributed by atoms with Gasteiger partial charge in [-0.2, -0.15) is 5.10 Å². The van der Waals surface area contributed by atoms with Crippen LogP contribution in [0.2, 0.25) is 0 Å². The van der Waals surface area contributed by atoms with Gasteiger partial charge in [0.1, 0.15) is 5.82 Å². The van der Waals surface area contributed by atoms with Gasteiger partial charge in [-0.1, -0.05) is 12.1 Å². The van der Waals surface area contributed by atoms with Crippen LogP contribution in [0.4, 0.5) is 4.39 Å². The number of nitrogens with one attached hydrogen (secondary N) is 1. The van der Waals surface area contributed by atoms with Gasteiger partial charge in [0.25, 0.3) is 0 Å². The Morgan fingerprint density at radius 1 is 1.47 bits per heavy atom. The highest BCUT2D eigenvalue weighted by Gasteiger charge is 2.39. The molecule has 0 aromatic heterocycles. The molecule has 1 aromatic rings. The van der Waals surface area contributed by atoms with Crippen molar-refractivity contribution in [2.24, 2.45) is 5.10 Å². The van der Waals surface area contributed by atoms with Gasteiger partial charge in [-0.25, -0.2) is 9.18 Å². The van der Waals surface area contributed by atoms with E-state index in [9.17, 15) is 9.18 Å². The Morgan fingerprint density at radius 2 is 2.12 bits per heavy atom. The van der Waals surface area contributed by atoms with Crippen LogP contribution in [0.5, 0.6) is 0 Å². The van der Waals surface area contributed by atoms with Crippen LogP contribution in [0.3, 0.4) is 0 Å². The summed E-state index contributed by atoms with van der Waals surface area (Å²) in [5.41, 5.74) is 3.45. The summed E-state index contributed by atoms with van der Waals surface area (Å²) in [7, 11) is 1.34. The molecule has 1 N–H and O–H groups in total. The number of carbonyl (C=O) groups is 1. The smallest absolute Gasteiger partial charge is 0.333 e. The van der Waals surface area contributed by atoms with E-state index >= 15 is 0 Å². The molecule has 0 spiro atoms. The van der Waals surface area contributed by atoms with E-state index in [1.165, 1.54) is 19.2 Å². The fourth-order valence-corrected chi connectivity index (χ4v) is 1.76. The first-order chi connectivity index (χ1) is 8.05. The van der Waals surface area contributed by atoms with Crippen molar-refractivity contribution in [3.05, 3.63) is 35.6 Å². The third kappa shape index (κ3) is 2.13. The van der Waals surface area contributed by atoms with E-state index in [0.29, 0.717) is 6.42 Å². The molecule has 0 fully saturated rings. The van der Waals surface area contributed by atoms with Crippen molar-refractivity contribution in [3.63, 3.8) is 0 Å². The number of methoxy groups -OCH3 is 1. The quantitative estimate of drug-likeness (QED) is 0.791. The second-order valence-corrected chi connectivity index (χ2v) is 4.18. The minimum atomic E-state index is -0.835. The minimum Gasteiger partial charge on any atom is -0.467 e. The summed E-state index contributed by atoms with van der Waals surface area (Å²) in [6.45, 7) is 1.72. The molecular formula is C12H13FN2O2. The lowest BCUT2D eigenvalue weighted by Crippen LogP contribution is -2.45. The zero-order chi connectivity index (χ0) is 12.5. The monoisotopic (exact) mass is 236 g/mol. The standard InChI is InChI=1S/C12H13FN2O2/c1-12(11(16)17-2)7-10(14-15-12)8-3-5-9(13)6-4-8/h3-6,15H,7H2,1-2H3. The lowest BCUT2D eigenvalue weighted by Gasteiger charge is -2.19. The van der Waals surface area contributed by atoms with Crippen molar-refractivity contribution in [3.8, 4) is 0 Å². The normalized spacial score (nSPS) is 22.9. The molecule has 1 atom stereocenters. The maximum atomic E-state index is 12.8. The first-order valence-electron chi connectivity index (χ1n) is 5.23. The summed E-state index contributed by atoms with van der Waals surface area (Å²) >= 11 is 0. The Balaban J connectivity index is 2.17. The molecule has 1 unspecified atom stereocenters. The van der Waals surface area contributed by atoms with Crippen molar-refractivity contribution in [1.82, 2.24) is 5.43 Å². The summed E-state index contributed by atoms with van der Waals surface area (Å²) in [6.07, 6.45) is 0.422. The first-order valence-corrected chi connectivity index (χ1v) is 5.23. The Labute approximate surface area is 98.5 Å². The molecule has 1 aliphatic heterocycles. The molecular weight excluding hydrogens is 223 g/mol. The van der Waals surface area contributed by atoms with Crippen molar-refractivity contribution in [2.75, 3.05) is 7.11 Å². The molecule has 4 nitrogen and oxygen atoms in total. The highest BCUT2D eigenvalue weighted by atomic mass is 19.1. The van der Waals surface area contributed by atoms with Crippen LogP contribution in [-0.4, -0.2) is 24.3 Å². The molecule has 0 bridgehead atoms. The molecule has 1 aliphatic rings. The predicted octanol–water partition coefficient (Wildman–Crippen LogP) is 1.45. The van der Waals surface area contributed by atoms with Crippen LogP contribution < -0.4 is 5.43 Å². The lowest BCUT2D eigenvalue weighted by molar-refractivity contribution is -0.147. The van der Waals surface area contributed by atoms with Gasteiger partial charge >= 0.3 is 5.97 Å². The number of hydrogen-bond acceptors (Lipinski definition) is 4. The Bertz CT molecular complexity index is 470. The van der Waals surface area contributed by atoms with Gasteiger partial charge < -0.3 is 4.74 Å². The maximum absolute atomic E-state index is 12.8. The SMILES string of the molecule is COC(=O)C1(C)CC(c2ccc(F)cc2)=NN1. The topological polar surface area (TPSA) is 50.7 Å². The molecule has 90 valence electrons. The third-order valence-corrected chi connectivity index (χ3v) is 2.77. The number of hydrazone groups is 1. The van der Waals surface area contributed by atoms with Crippen LogP contribution in [0.1, 0.15) is 18.9 Å². The fourth-order valence-electron chi connectivity index (χ4n) is 1.76. The third-order valence-electron chi connectivity index (χ3n) is 2.77. The van der Waals surface area contributed by atoms with Crippen LogP contribution in [0, 0.1) is 5.82 Å². The van der Waals surface area contributed by atoms with E-state index in [-0.39, 0.29) is 11.8 Å². The van der Waals surface area contributed by atoms with E-state index in [2.05, 4.69) is 10.5 Å². The number of hydrogen-bond donors (Lipinski definition) is 1. The van der Waals surface area contributed by atoms with Gasteiger partial charge in [-0.05, 0) is 24.6 Å². The number of ether oxygens (including phenoxy) is 1. The van der Waals surface area contributed by atoms with E-state index in [1.807, 2.05) is 0 Å². The molecule has 17 heavy (non-hydrogen) atoms. The van der Waals surface area contributed by atoms with Crippen molar-refractivity contribution in [2.45, 2.75) is 18.9 Å². The van der Waals surface area contributed by atoms with Gasteiger partial charge in [0.2, 0.25) is 0 Å². The van der Waals surface area contributed by atoms with Crippen molar-refractivity contribution < 1.29 is 13.9 Å². The molecule has 0 radical (unpaired) electrons. The molecule has 0 saturated heterocycles. The Kier molecular flexibility index (Phi) is 2.83. The lowest BCUT2D eigenvalue weighted by atomic mass is 9.94. The average Bonchev–Trinajstić information content (AvgIpc) is 2.73. The molecule has 0 saturated carbocycles. The van der Waals surface area contributed by atoms with Gasteiger partial charge in [0.15, 0.2) is 5.54 Å². The maximum Gasteiger partial charge on any atom is 0.333 e. The molecule has 5 heteroatoms. The highest BCUT2D eigenvalue weighted by molar-refractivity contribution is 6.05. The first kappa shape index (κ1) is 11.6. The number of esters is 1. The molecule has 2 rings (SSSR count). The summed E-state index contributed by atoms with van der Waals surface area (Å²) in [4.78, 5) is 11.5. The summed E-state index contributed by atoms with van der Waals surface area (Å²) in [5.74, 6) is -0.658. The number of carbonyl (C=O) groups excluding carboxylic acids is 1. The number of nitrogens with zero attached hydrogens (tertiary/aromatic N) is 1. The van der Waals surface area contributed by atoms with E-state index in [0.717, 1.165) is 11.3 Å². The number of halogens is 1. The van der Waals surface area contributed by atoms with E-state index in [4.69, 9.17) is 4.74 Å².